The van der Waals surface area contributed by atoms with Crippen LogP contribution in [-0.4, -0.2) is 44.8 Å². The molecule has 0 saturated heterocycles. The number of esters is 1. The summed E-state index contributed by atoms with van der Waals surface area (Å²) in [4.78, 5) is 24.9. The van der Waals surface area contributed by atoms with Crippen LogP contribution in [0, 0.1) is 13.8 Å². The van der Waals surface area contributed by atoms with Gasteiger partial charge in [-0.05, 0) is 68.5 Å². The van der Waals surface area contributed by atoms with Gasteiger partial charge in [0.25, 0.3) is 0 Å². The Balaban J connectivity index is 1.66. The first-order valence-corrected chi connectivity index (χ1v) is 11.7. The highest BCUT2D eigenvalue weighted by Crippen LogP contribution is 2.49. The minimum Gasteiger partial charge on any atom is -0.465 e. The lowest BCUT2D eigenvalue weighted by molar-refractivity contribution is -0.146. The lowest BCUT2D eigenvalue weighted by Crippen LogP contribution is -2.35. The van der Waals surface area contributed by atoms with Crippen LogP contribution in [0.3, 0.4) is 0 Å². The number of sulfonamides is 1. The number of amides is 1. The first kappa shape index (κ1) is 23.0. The number of hydrogen-bond acceptors (Lipinski definition) is 5. The van der Waals surface area contributed by atoms with Gasteiger partial charge in [-0.2, -0.15) is 4.31 Å². The normalized spacial score (nSPS) is 14.9. The van der Waals surface area contributed by atoms with Gasteiger partial charge >= 0.3 is 5.97 Å². The molecule has 1 amide bonds. The molecule has 0 aliphatic heterocycles. The minimum absolute atomic E-state index is 0.195. The molecule has 8 heteroatoms. The van der Waals surface area contributed by atoms with Crippen LogP contribution >= 0.6 is 0 Å². The fourth-order valence-corrected chi connectivity index (χ4v) is 4.95. The maximum Gasteiger partial charge on any atom is 0.316 e. The molecular formula is C23H28N2O5S. The molecule has 0 bridgehead atoms. The Bertz CT molecular complexity index is 1090. The summed E-state index contributed by atoms with van der Waals surface area (Å²) in [6.07, 6.45) is 1.50. The third-order valence-electron chi connectivity index (χ3n) is 5.54. The van der Waals surface area contributed by atoms with Crippen molar-refractivity contribution in [2.45, 2.75) is 43.9 Å². The fraction of sp³-hybridized carbons (Fsp3) is 0.391. The summed E-state index contributed by atoms with van der Waals surface area (Å²) < 4.78 is 32.0. The molecule has 0 aromatic heterocycles. The molecule has 0 spiro atoms. The van der Waals surface area contributed by atoms with Crippen molar-refractivity contribution in [1.29, 1.82) is 0 Å². The number of hydrogen-bond donors (Lipinski definition) is 1. The van der Waals surface area contributed by atoms with Gasteiger partial charge in [0.05, 0.1) is 23.5 Å². The lowest BCUT2D eigenvalue weighted by Gasteiger charge is -2.19. The summed E-state index contributed by atoms with van der Waals surface area (Å²) in [6, 6.07) is 12.2. The van der Waals surface area contributed by atoms with Crippen molar-refractivity contribution in [2.75, 3.05) is 25.5 Å². The van der Waals surface area contributed by atoms with Crippen LogP contribution in [0.5, 0.6) is 0 Å². The van der Waals surface area contributed by atoms with Crippen molar-refractivity contribution in [3.63, 3.8) is 0 Å². The van der Waals surface area contributed by atoms with Crippen molar-refractivity contribution < 1.29 is 22.7 Å². The van der Waals surface area contributed by atoms with Crippen LogP contribution in [0.1, 0.15) is 36.5 Å². The Labute approximate surface area is 183 Å². The van der Waals surface area contributed by atoms with Gasteiger partial charge < -0.3 is 10.1 Å². The summed E-state index contributed by atoms with van der Waals surface area (Å²) in [6.45, 7) is 5.36. The van der Waals surface area contributed by atoms with Crippen molar-refractivity contribution in [3.8, 4) is 0 Å². The molecular weight excluding hydrogens is 416 g/mol. The molecule has 7 nitrogen and oxygen atoms in total. The SMILES string of the molecule is CCOC(=O)C1(c2ccc(NC(=O)CN(C)S(=O)(=O)c3cc(C)ccc3C)cc2)CC1. The summed E-state index contributed by atoms with van der Waals surface area (Å²) in [7, 11) is -2.41. The van der Waals surface area contributed by atoms with Crippen molar-refractivity contribution >= 4 is 27.6 Å². The van der Waals surface area contributed by atoms with E-state index in [2.05, 4.69) is 5.32 Å². The van der Waals surface area contributed by atoms with Gasteiger partial charge in [0.2, 0.25) is 15.9 Å². The molecule has 2 aromatic rings. The van der Waals surface area contributed by atoms with Gasteiger partial charge in [0.15, 0.2) is 0 Å². The van der Waals surface area contributed by atoms with Crippen LogP contribution in [-0.2, 0) is 29.8 Å². The van der Waals surface area contributed by atoms with Crippen LogP contribution in [0.2, 0.25) is 0 Å². The van der Waals surface area contributed by atoms with Crippen molar-refractivity contribution in [1.82, 2.24) is 4.31 Å². The number of benzene rings is 2. The summed E-state index contributed by atoms with van der Waals surface area (Å²) in [5.74, 6) is -0.666. The smallest absolute Gasteiger partial charge is 0.316 e. The fourth-order valence-electron chi connectivity index (χ4n) is 3.52. The van der Waals surface area contributed by atoms with Gasteiger partial charge in [-0.15, -0.1) is 0 Å². The molecule has 0 heterocycles. The predicted molar refractivity (Wildman–Crippen MR) is 118 cm³/mol. The van der Waals surface area contributed by atoms with E-state index in [1.807, 2.05) is 13.0 Å². The average molecular weight is 445 g/mol. The molecule has 1 aliphatic rings. The number of likely N-dealkylation sites (N-methyl/N-ethyl adjacent to an activating group) is 1. The molecule has 0 unspecified atom stereocenters. The number of anilines is 1. The maximum atomic E-state index is 12.9. The molecule has 0 atom stereocenters. The van der Waals surface area contributed by atoms with E-state index >= 15 is 0 Å². The van der Waals surface area contributed by atoms with Crippen molar-refractivity contribution in [2.24, 2.45) is 0 Å². The van der Waals surface area contributed by atoms with E-state index in [-0.39, 0.29) is 17.4 Å². The van der Waals surface area contributed by atoms with E-state index in [0.29, 0.717) is 17.9 Å². The highest BCUT2D eigenvalue weighted by molar-refractivity contribution is 7.89. The summed E-state index contributed by atoms with van der Waals surface area (Å²) in [5, 5.41) is 2.71. The van der Waals surface area contributed by atoms with Gasteiger partial charge in [0, 0.05) is 12.7 Å². The molecule has 31 heavy (non-hydrogen) atoms. The quantitative estimate of drug-likeness (QED) is 0.632. The number of aryl methyl sites for hydroxylation is 2. The van der Waals surface area contributed by atoms with Crippen LogP contribution < -0.4 is 5.32 Å². The number of nitrogens with zero attached hydrogens (tertiary/aromatic N) is 1. The Morgan fingerprint density at radius 1 is 1.10 bits per heavy atom. The first-order valence-electron chi connectivity index (χ1n) is 10.2. The molecule has 1 N–H and O–H groups in total. The van der Waals surface area contributed by atoms with Gasteiger partial charge in [-0.1, -0.05) is 24.3 Å². The topological polar surface area (TPSA) is 92.8 Å². The van der Waals surface area contributed by atoms with E-state index in [1.54, 1.807) is 50.2 Å². The van der Waals surface area contributed by atoms with Gasteiger partial charge in [-0.3, -0.25) is 9.59 Å². The zero-order chi connectivity index (χ0) is 22.8. The maximum absolute atomic E-state index is 12.9. The van der Waals surface area contributed by atoms with Gasteiger partial charge in [-0.25, -0.2) is 8.42 Å². The number of nitrogens with one attached hydrogen (secondary N) is 1. The van der Waals surface area contributed by atoms with E-state index in [1.165, 1.54) is 7.05 Å². The lowest BCUT2D eigenvalue weighted by atomic mass is 9.96. The Morgan fingerprint density at radius 2 is 1.74 bits per heavy atom. The minimum atomic E-state index is -3.79. The van der Waals surface area contributed by atoms with E-state index in [4.69, 9.17) is 4.74 Å². The third-order valence-corrected chi connectivity index (χ3v) is 7.48. The third kappa shape index (κ3) is 4.80. The van der Waals surface area contributed by atoms with Crippen LogP contribution in [0.25, 0.3) is 0 Å². The number of ether oxygens (including phenoxy) is 1. The molecule has 0 radical (unpaired) electrons. The van der Waals surface area contributed by atoms with E-state index < -0.39 is 21.3 Å². The zero-order valence-electron chi connectivity index (χ0n) is 18.3. The standard InChI is InChI=1S/C23H28N2O5S/c1-5-30-22(27)23(12-13-23)18-8-10-19(11-9-18)24-21(26)15-25(4)31(28,29)20-14-16(2)6-7-17(20)3/h6-11,14H,5,12-13,15H2,1-4H3,(H,24,26). The molecule has 2 aromatic carbocycles. The van der Waals surface area contributed by atoms with Crippen molar-refractivity contribution in [3.05, 3.63) is 59.2 Å². The van der Waals surface area contributed by atoms with Crippen LogP contribution in [0.4, 0.5) is 5.69 Å². The second-order valence-corrected chi connectivity index (χ2v) is 9.97. The highest BCUT2D eigenvalue weighted by atomic mass is 32.2. The van der Waals surface area contributed by atoms with E-state index in [0.717, 1.165) is 28.3 Å². The number of carbonyl (C=O) groups excluding carboxylic acids is 2. The van der Waals surface area contributed by atoms with E-state index in [9.17, 15) is 18.0 Å². The largest absolute Gasteiger partial charge is 0.465 e. The Kier molecular flexibility index (Phi) is 6.52. The number of rotatable bonds is 8. The molecule has 1 aliphatic carbocycles. The van der Waals surface area contributed by atoms with Gasteiger partial charge in [0.1, 0.15) is 0 Å². The molecule has 166 valence electrons. The Hall–Kier alpha value is -2.71. The monoisotopic (exact) mass is 444 g/mol. The molecule has 1 saturated carbocycles. The average Bonchev–Trinajstić information content (AvgIpc) is 3.52. The first-order chi connectivity index (χ1) is 14.6. The molecule has 3 rings (SSSR count). The zero-order valence-corrected chi connectivity index (χ0v) is 19.1. The highest BCUT2D eigenvalue weighted by Gasteiger charge is 2.52. The second-order valence-electron chi connectivity index (χ2n) is 7.96. The summed E-state index contributed by atoms with van der Waals surface area (Å²) >= 11 is 0. The number of carbonyl (C=O) groups is 2. The molecule has 1 fully saturated rings. The Morgan fingerprint density at radius 3 is 2.32 bits per heavy atom. The second kappa shape index (κ2) is 8.80. The predicted octanol–water partition coefficient (Wildman–Crippen LogP) is 3.16. The summed E-state index contributed by atoms with van der Waals surface area (Å²) in [5.41, 5.74) is 2.28. The van der Waals surface area contributed by atoms with Crippen LogP contribution in [0.15, 0.2) is 47.4 Å².